The Morgan fingerprint density at radius 3 is 1.34 bits per heavy atom. The summed E-state index contributed by atoms with van der Waals surface area (Å²) in [7, 11) is 0. The van der Waals surface area contributed by atoms with E-state index in [1.165, 1.54) is 0 Å². The summed E-state index contributed by atoms with van der Waals surface area (Å²) < 4.78 is 0. The smallest absolute Gasteiger partial charge is 0.289 e. The average Bonchev–Trinajstić information content (AvgIpc) is 2.90. The highest BCUT2D eigenvalue weighted by atomic mass is 17.3. The molecule has 6 nitrogen and oxygen atoms in total. The van der Waals surface area contributed by atoms with E-state index in [0.717, 1.165) is 49.7 Å². The molecule has 35 heavy (non-hydrogen) atoms. The number of unbranched alkanes of at least 4 members (excludes halogenated alkanes) is 2. The standard InChI is InChI=1S/C29H38O6/c1-6-10-12-22-14-18-24(19-15-22)26(30)32-34-28(29(5,8-3)9-4)35-33-27(31)25-20-16-23(17-21-25)13-11-7-2/h14-21H,5-13H2,1-4H3. The summed E-state index contributed by atoms with van der Waals surface area (Å²) in [4.78, 5) is 45.6. The second-order valence-corrected chi connectivity index (χ2v) is 8.78. The molecule has 0 N–H and O–H groups in total. The van der Waals surface area contributed by atoms with Gasteiger partial charge in [-0.3, -0.25) is 9.78 Å². The molecular formula is C29H38O6. The number of rotatable bonds is 15. The van der Waals surface area contributed by atoms with Gasteiger partial charge in [0, 0.05) is 5.41 Å². The lowest BCUT2D eigenvalue weighted by atomic mass is 9.84. The fourth-order valence-electron chi connectivity index (χ4n) is 3.35. The third-order valence-electron chi connectivity index (χ3n) is 6.19. The Morgan fingerprint density at radius 2 is 1.03 bits per heavy atom. The highest BCUT2D eigenvalue weighted by Gasteiger charge is 2.40. The largest absolute Gasteiger partial charge is 0.373 e. The molecule has 0 atom stereocenters. The molecule has 2 radical (unpaired) electrons. The maximum atomic E-state index is 12.5. The Bertz CT molecular complexity index is 832. The molecule has 2 aromatic rings. The van der Waals surface area contributed by atoms with E-state index in [4.69, 9.17) is 19.6 Å². The van der Waals surface area contributed by atoms with Crippen molar-refractivity contribution in [1.29, 1.82) is 0 Å². The van der Waals surface area contributed by atoms with Crippen LogP contribution in [0, 0.1) is 18.6 Å². The van der Waals surface area contributed by atoms with Gasteiger partial charge in [0.2, 0.25) is 0 Å². The second kappa shape index (κ2) is 14.6. The minimum absolute atomic E-state index is 0.191. The van der Waals surface area contributed by atoms with Crippen LogP contribution in [-0.2, 0) is 32.4 Å². The van der Waals surface area contributed by atoms with Crippen molar-refractivity contribution in [1.82, 2.24) is 0 Å². The first kappa shape index (κ1) is 28.5. The lowest BCUT2D eigenvalue weighted by Gasteiger charge is -2.30. The minimum atomic E-state index is -0.880. The van der Waals surface area contributed by atoms with E-state index in [9.17, 15) is 9.59 Å². The van der Waals surface area contributed by atoms with Crippen LogP contribution in [0.4, 0.5) is 0 Å². The average molecular weight is 483 g/mol. The summed E-state index contributed by atoms with van der Waals surface area (Å²) in [6, 6.07) is 14.4. The van der Waals surface area contributed by atoms with Gasteiger partial charge in [-0.2, -0.15) is 0 Å². The predicted molar refractivity (Wildman–Crippen MR) is 135 cm³/mol. The van der Waals surface area contributed by atoms with Gasteiger partial charge >= 0.3 is 18.2 Å². The molecule has 190 valence electrons. The van der Waals surface area contributed by atoms with Crippen LogP contribution in [0.15, 0.2) is 48.5 Å². The van der Waals surface area contributed by atoms with Crippen LogP contribution in [0.25, 0.3) is 0 Å². The summed E-state index contributed by atoms with van der Waals surface area (Å²) in [5, 5.41) is 0. The Balaban J connectivity index is 1.99. The summed E-state index contributed by atoms with van der Waals surface area (Å²) >= 11 is 0. The van der Waals surface area contributed by atoms with Crippen LogP contribution >= 0.6 is 0 Å². The van der Waals surface area contributed by atoms with Gasteiger partial charge < -0.3 is 0 Å². The molecule has 0 aliphatic carbocycles. The quantitative estimate of drug-likeness (QED) is 0.195. The Labute approximate surface area is 209 Å². The molecule has 0 heterocycles. The van der Waals surface area contributed by atoms with Crippen LogP contribution in [0.3, 0.4) is 0 Å². The number of carbonyl (C=O) groups is 2. The van der Waals surface area contributed by atoms with Gasteiger partial charge in [-0.15, -0.1) is 9.78 Å². The number of aryl methyl sites for hydroxylation is 2. The maximum Gasteiger partial charge on any atom is 0.373 e. The van der Waals surface area contributed by atoms with Crippen molar-refractivity contribution in [3.63, 3.8) is 0 Å². The Kier molecular flexibility index (Phi) is 11.9. The third kappa shape index (κ3) is 8.79. The molecule has 0 fully saturated rings. The van der Waals surface area contributed by atoms with Crippen LogP contribution in [-0.4, -0.2) is 11.9 Å². The first-order valence-electron chi connectivity index (χ1n) is 12.5. The van der Waals surface area contributed by atoms with Crippen molar-refractivity contribution < 1.29 is 29.1 Å². The van der Waals surface area contributed by atoms with Crippen LogP contribution in [0.5, 0.6) is 0 Å². The number of hydrogen-bond acceptors (Lipinski definition) is 6. The van der Waals surface area contributed by atoms with Gasteiger partial charge in [-0.25, -0.2) is 9.59 Å². The summed E-state index contributed by atoms with van der Waals surface area (Å²) in [5.74, 6) is -1.37. The molecule has 0 aliphatic rings. The molecule has 0 aliphatic heterocycles. The van der Waals surface area contributed by atoms with Gasteiger partial charge in [0.1, 0.15) is 0 Å². The lowest BCUT2D eigenvalue weighted by Crippen LogP contribution is -2.31. The fourth-order valence-corrected chi connectivity index (χ4v) is 3.35. The molecule has 0 amide bonds. The number of carbonyl (C=O) groups excluding carboxylic acids is 2. The van der Waals surface area contributed by atoms with Crippen molar-refractivity contribution in [2.24, 2.45) is 5.41 Å². The summed E-state index contributed by atoms with van der Waals surface area (Å²) in [6.07, 6.45) is 7.12. The molecule has 0 bridgehead atoms. The second-order valence-electron chi connectivity index (χ2n) is 8.78. The van der Waals surface area contributed by atoms with E-state index in [2.05, 4.69) is 20.8 Å². The van der Waals surface area contributed by atoms with Gasteiger partial charge in [0.25, 0.3) is 0 Å². The van der Waals surface area contributed by atoms with Crippen LogP contribution in [0.2, 0.25) is 0 Å². The van der Waals surface area contributed by atoms with Crippen LogP contribution < -0.4 is 0 Å². The topological polar surface area (TPSA) is 71.1 Å². The summed E-state index contributed by atoms with van der Waals surface area (Å²) in [6.45, 7) is 12.2. The zero-order chi connectivity index (χ0) is 25.7. The van der Waals surface area contributed by atoms with Crippen LogP contribution in [0.1, 0.15) is 98.1 Å². The van der Waals surface area contributed by atoms with Crippen molar-refractivity contribution >= 4 is 11.9 Å². The van der Waals surface area contributed by atoms with Gasteiger partial charge in [-0.1, -0.05) is 64.8 Å². The van der Waals surface area contributed by atoms with E-state index in [-0.39, 0.29) is 6.29 Å². The zero-order valence-corrected chi connectivity index (χ0v) is 21.4. The Morgan fingerprint density at radius 1 is 0.657 bits per heavy atom. The zero-order valence-electron chi connectivity index (χ0n) is 21.4. The van der Waals surface area contributed by atoms with Crippen molar-refractivity contribution in [3.8, 4) is 0 Å². The van der Waals surface area contributed by atoms with Crippen molar-refractivity contribution in [3.05, 3.63) is 84.0 Å². The molecule has 0 saturated heterocycles. The monoisotopic (exact) mass is 482 g/mol. The number of hydrogen-bond donors (Lipinski definition) is 0. The highest BCUT2D eigenvalue weighted by molar-refractivity contribution is 5.89. The molecule has 0 saturated carbocycles. The molecule has 2 rings (SSSR count). The summed E-state index contributed by atoms with van der Waals surface area (Å²) in [5.41, 5.74) is 2.10. The van der Waals surface area contributed by atoms with Gasteiger partial charge in [0.05, 0.1) is 11.1 Å². The van der Waals surface area contributed by atoms with E-state index < -0.39 is 17.4 Å². The first-order chi connectivity index (χ1) is 16.9. The van der Waals surface area contributed by atoms with Crippen molar-refractivity contribution in [2.45, 2.75) is 79.1 Å². The fraction of sp³-hybridized carbons (Fsp3) is 0.448. The lowest BCUT2D eigenvalue weighted by molar-refractivity contribution is -0.381. The van der Waals surface area contributed by atoms with Gasteiger partial charge in [0.15, 0.2) is 0 Å². The molecule has 0 aromatic heterocycles. The molecule has 0 unspecified atom stereocenters. The Hall–Kier alpha value is -2.70. The minimum Gasteiger partial charge on any atom is -0.289 e. The normalized spacial score (nSPS) is 11.5. The van der Waals surface area contributed by atoms with Gasteiger partial charge in [-0.05, 0) is 80.8 Å². The third-order valence-corrected chi connectivity index (χ3v) is 6.19. The first-order valence-corrected chi connectivity index (χ1v) is 12.5. The van der Waals surface area contributed by atoms with E-state index in [1.807, 2.05) is 38.1 Å². The highest BCUT2D eigenvalue weighted by Crippen LogP contribution is 2.38. The molecule has 2 aromatic carbocycles. The SMILES string of the molecule is [CH2]C(CC)(CC)[C](OOC(=O)c1ccc(CCCC)cc1)OOC(=O)c1ccc(CCCC)cc1. The molecular weight excluding hydrogens is 444 g/mol. The predicted octanol–water partition coefficient (Wildman–Crippen LogP) is 7.38. The van der Waals surface area contributed by atoms with Crippen molar-refractivity contribution in [2.75, 3.05) is 0 Å². The maximum absolute atomic E-state index is 12.5. The van der Waals surface area contributed by atoms with E-state index in [1.54, 1.807) is 24.3 Å². The van der Waals surface area contributed by atoms with E-state index in [0.29, 0.717) is 24.0 Å². The van der Waals surface area contributed by atoms with E-state index >= 15 is 0 Å². The number of benzene rings is 2. The molecule has 0 spiro atoms. The molecule has 6 heteroatoms.